The summed E-state index contributed by atoms with van der Waals surface area (Å²) in [6, 6.07) is 10.8. The van der Waals surface area contributed by atoms with Crippen molar-refractivity contribution in [2.45, 2.75) is 45.1 Å². The molecule has 0 N–H and O–H groups in total. The Hall–Kier alpha value is -2.40. The van der Waals surface area contributed by atoms with Crippen molar-refractivity contribution in [3.05, 3.63) is 41.7 Å². The molecule has 5 heteroatoms. The molecule has 1 aromatic carbocycles. The van der Waals surface area contributed by atoms with Crippen LogP contribution in [-0.4, -0.2) is 52.9 Å². The molecule has 0 atom stereocenters. The minimum Gasteiger partial charge on any atom is -0.433 e. The summed E-state index contributed by atoms with van der Waals surface area (Å²) < 4.78 is 5.86. The number of pyridine rings is 1. The second-order valence-corrected chi connectivity index (χ2v) is 8.31. The molecule has 3 heterocycles. The smallest absolute Gasteiger partial charge is 0.289 e. The predicted molar refractivity (Wildman–Crippen MR) is 111 cm³/mol. The molecule has 0 unspecified atom stereocenters. The number of furan rings is 1. The third kappa shape index (κ3) is 3.28. The molecule has 1 saturated heterocycles. The molecule has 146 valence electrons. The molecule has 28 heavy (non-hydrogen) atoms. The summed E-state index contributed by atoms with van der Waals surface area (Å²) in [5.41, 5.74) is 2.61. The number of benzene rings is 1. The van der Waals surface area contributed by atoms with Crippen molar-refractivity contribution in [1.29, 1.82) is 0 Å². The number of amides is 1. The van der Waals surface area contributed by atoms with Crippen LogP contribution in [0.3, 0.4) is 0 Å². The van der Waals surface area contributed by atoms with Crippen LogP contribution in [-0.2, 0) is 0 Å². The number of aromatic nitrogens is 1. The van der Waals surface area contributed by atoms with Crippen molar-refractivity contribution in [2.75, 3.05) is 26.2 Å². The maximum absolute atomic E-state index is 13.0. The lowest BCUT2D eigenvalue weighted by molar-refractivity contribution is 0.0499. The van der Waals surface area contributed by atoms with Crippen LogP contribution in [0.25, 0.3) is 22.0 Å². The highest BCUT2D eigenvalue weighted by atomic mass is 16.4. The molecular formula is C23H27N3O2. The molecule has 3 aromatic rings. The van der Waals surface area contributed by atoms with E-state index in [1.165, 1.54) is 32.1 Å². The van der Waals surface area contributed by atoms with Crippen LogP contribution in [0.5, 0.6) is 0 Å². The van der Waals surface area contributed by atoms with E-state index in [-0.39, 0.29) is 5.91 Å². The Bertz CT molecular complexity index is 1010. The average Bonchev–Trinajstić information content (AvgIpc) is 3.15. The molecule has 2 fully saturated rings. The first kappa shape index (κ1) is 17.7. The number of nitrogens with zero attached hydrogens (tertiary/aromatic N) is 3. The molecule has 2 aliphatic rings. The van der Waals surface area contributed by atoms with E-state index in [1.54, 1.807) is 0 Å². The Morgan fingerprint density at radius 1 is 1.00 bits per heavy atom. The van der Waals surface area contributed by atoms with Gasteiger partial charge in [-0.05, 0) is 43.5 Å². The standard InChI is InChI=1S/C23H27N3O2/c1-16-7-8-17-14-18-15-21(28-22(18)24-20(17)13-16)23(27)26-11-9-25(10-12-26)19-5-3-2-4-6-19/h7-8,13-15,19H,2-6,9-12H2,1H3. The van der Waals surface area contributed by atoms with Crippen LogP contribution in [0.4, 0.5) is 0 Å². The van der Waals surface area contributed by atoms with E-state index < -0.39 is 0 Å². The van der Waals surface area contributed by atoms with Gasteiger partial charge in [-0.15, -0.1) is 0 Å². The quantitative estimate of drug-likeness (QED) is 0.665. The van der Waals surface area contributed by atoms with Gasteiger partial charge in [-0.3, -0.25) is 9.69 Å². The zero-order valence-corrected chi connectivity index (χ0v) is 16.5. The van der Waals surface area contributed by atoms with Gasteiger partial charge in [0.05, 0.1) is 5.52 Å². The van der Waals surface area contributed by atoms with Gasteiger partial charge in [0.15, 0.2) is 5.76 Å². The summed E-state index contributed by atoms with van der Waals surface area (Å²) in [4.78, 5) is 22.1. The number of carbonyl (C=O) groups is 1. The highest BCUT2D eigenvalue weighted by Gasteiger charge is 2.28. The van der Waals surface area contributed by atoms with Crippen LogP contribution >= 0.6 is 0 Å². The molecule has 5 nitrogen and oxygen atoms in total. The highest BCUT2D eigenvalue weighted by Crippen LogP contribution is 2.26. The summed E-state index contributed by atoms with van der Waals surface area (Å²) in [5.74, 6) is 0.391. The molecule has 1 aliphatic carbocycles. The van der Waals surface area contributed by atoms with Crippen molar-refractivity contribution in [3.8, 4) is 0 Å². The third-order valence-corrected chi connectivity index (χ3v) is 6.36. The number of aryl methyl sites for hydroxylation is 1. The normalized spacial score (nSPS) is 19.5. The van der Waals surface area contributed by atoms with Crippen molar-refractivity contribution in [2.24, 2.45) is 0 Å². The Morgan fingerprint density at radius 2 is 1.79 bits per heavy atom. The van der Waals surface area contributed by atoms with Gasteiger partial charge < -0.3 is 9.32 Å². The van der Waals surface area contributed by atoms with Gasteiger partial charge in [0.1, 0.15) is 0 Å². The Balaban J connectivity index is 1.32. The summed E-state index contributed by atoms with van der Waals surface area (Å²) in [7, 11) is 0. The zero-order valence-electron chi connectivity index (χ0n) is 16.5. The van der Waals surface area contributed by atoms with Crippen LogP contribution in [0.1, 0.15) is 48.2 Å². The number of rotatable bonds is 2. The van der Waals surface area contributed by atoms with Gasteiger partial charge in [-0.25, -0.2) is 4.98 Å². The minimum atomic E-state index is -0.0125. The Labute approximate surface area is 165 Å². The largest absolute Gasteiger partial charge is 0.433 e. The number of hydrogen-bond donors (Lipinski definition) is 0. The van der Waals surface area contributed by atoms with Gasteiger partial charge in [-0.2, -0.15) is 0 Å². The zero-order chi connectivity index (χ0) is 19.1. The predicted octanol–water partition coefficient (Wildman–Crippen LogP) is 4.38. The lowest BCUT2D eigenvalue weighted by atomic mass is 9.94. The van der Waals surface area contributed by atoms with Gasteiger partial charge in [0, 0.05) is 43.0 Å². The van der Waals surface area contributed by atoms with E-state index in [4.69, 9.17) is 4.42 Å². The molecule has 0 spiro atoms. The van der Waals surface area contributed by atoms with Crippen LogP contribution in [0.15, 0.2) is 34.7 Å². The van der Waals surface area contributed by atoms with Crippen LogP contribution in [0, 0.1) is 6.92 Å². The van der Waals surface area contributed by atoms with E-state index in [0.29, 0.717) is 11.5 Å². The van der Waals surface area contributed by atoms with Crippen LogP contribution < -0.4 is 0 Å². The molecule has 1 saturated carbocycles. The summed E-state index contributed by atoms with van der Waals surface area (Å²) in [5, 5.41) is 1.96. The maximum Gasteiger partial charge on any atom is 0.289 e. The average molecular weight is 377 g/mol. The first-order valence-corrected chi connectivity index (χ1v) is 10.5. The number of fused-ring (bicyclic) bond motifs is 2. The van der Waals surface area contributed by atoms with Crippen molar-refractivity contribution in [3.63, 3.8) is 0 Å². The first-order chi connectivity index (χ1) is 13.7. The molecular weight excluding hydrogens is 350 g/mol. The molecule has 5 rings (SSSR count). The summed E-state index contributed by atoms with van der Waals surface area (Å²) >= 11 is 0. The fourth-order valence-corrected chi connectivity index (χ4v) is 4.73. The lowest BCUT2D eigenvalue weighted by Crippen LogP contribution is -2.52. The number of carbonyl (C=O) groups excluding carboxylic acids is 1. The minimum absolute atomic E-state index is 0.0125. The topological polar surface area (TPSA) is 49.6 Å². The Kier molecular flexibility index (Phi) is 4.55. The summed E-state index contributed by atoms with van der Waals surface area (Å²) in [6.45, 7) is 5.55. The van der Waals surface area contributed by atoms with Crippen molar-refractivity contribution in [1.82, 2.24) is 14.8 Å². The molecule has 2 aromatic heterocycles. The molecule has 1 amide bonds. The number of piperazine rings is 1. The molecule has 1 aliphatic heterocycles. The van der Waals surface area contributed by atoms with E-state index in [0.717, 1.165) is 54.1 Å². The maximum atomic E-state index is 13.0. The van der Waals surface area contributed by atoms with Gasteiger partial charge >= 0.3 is 0 Å². The SMILES string of the molecule is Cc1ccc2cc3cc(C(=O)N4CCN(C5CCCCC5)CC4)oc3nc2c1. The second kappa shape index (κ2) is 7.21. The van der Waals surface area contributed by atoms with E-state index in [1.807, 2.05) is 17.0 Å². The van der Waals surface area contributed by atoms with Gasteiger partial charge in [0.25, 0.3) is 5.91 Å². The van der Waals surface area contributed by atoms with E-state index in [2.05, 4.69) is 35.0 Å². The first-order valence-electron chi connectivity index (χ1n) is 10.5. The highest BCUT2D eigenvalue weighted by molar-refractivity contribution is 5.98. The van der Waals surface area contributed by atoms with E-state index in [9.17, 15) is 4.79 Å². The fourth-order valence-electron chi connectivity index (χ4n) is 4.73. The van der Waals surface area contributed by atoms with Crippen LogP contribution in [0.2, 0.25) is 0 Å². The van der Waals surface area contributed by atoms with Crippen molar-refractivity contribution >= 4 is 27.9 Å². The lowest BCUT2D eigenvalue weighted by Gasteiger charge is -2.40. The third-order valence-electron chi connectivity index (χ3n) is 6.36. The molecule has 0 bridgehead atoms. The van der Waals surface area contributed by atoms with Gasteiger partial charge in [-0.1, -0.05) is 31.4 Å². The fraction of sp³-hybridized carbons (Fsp3) is 0.478. The number of hydrogen-bond acceptors (Lipinski definition) is 4. The second-order valence-electron chi connectivity index (χ2n) is 8.31. The monoisotopic (exact) mass is 377 g/mol. The summed E-state index contributed by atoms with van der Waals surface area (Å²) in [6.07, 6.45) is 6.71. The van der Waals surface area contributed by atoms with E-state index >= 15 is 0 Å². The Morgan fingerprint density at radius 3 is 2.57 bits per heavy atom. The van der Waals surface area contributed by atoms with Crippen molar-refractivity contribution < 1.29 is 9.21 Å². The molecule has 0 radical (unpaired) electrons. The van der Waals surface area contributed by atoms with Gasteiger partial charge in [0.2, 0.25) is 5.71 Å².